The minimum absolute atomic E-state index is 1.19. The number of fused-ring (bicyclic) bond motifs is 1. The Morgan fingerprint density at radius 2 is 1.77 bits per heavy atom. The third-order valence-corrected chi connectivity index (χ3v) is 3.99. The second kappa shape index (κ2) is 2.81. The summed E-state index contributed by atoms with van der Waals surface area (Å²) in [6, 6.07) is 0. The van der Waals surface area contributed by atoms with Crippen molar-refractivity contribution in [3.8, 4) is 0 Å². The summed E-state index contributed by atoms with van der Waals surface area (Å²) in [6.07, 6.45) is 1.97. The molecule has 0 unspecified atom stereocenters. The monoisotopic (exact) mass is 191 g/mol. The number of aryl methyl sites for hydroxylation is 4. The van der Waals surface area contributed by atoms with Crippen LogP contribution in [0, 0.1) is 27.7 Å². The normalized spacial score (nSPS) is 11.1. The van der Waals surface area contributed by atoms with Crippen LogP contribution in [0.3, 0.4) is 0 Å². The maximum absolute atomic E-state index is 4.47. The first-order chi connectivity index (χ1) is 6.11. The molecule has 2 aromatic heterocycles. The molecule has 2 rings (SSSR count). The summed E-state index contributed by atoms with van der Waals surface area (Å²) in [5, 5.41) is 0. The maximum atomic E-state index is 4.47. The Morgan fingerprint density at radius 3 is 2.46 bits per heavy atom. The van der Waals surface area contributed by atoms with Gasteiger partial charge in [-0.3, -0.25) is 4.98 Å². The fourth-order valence-electron chi connectivity index (χ4n) is 1.46. The summed E-state index contributed by atoms with van der Waals surface area (Å²) >= 11 is 1.86. The van der Waals surface area contributed by atoms with E-state index in [0.29, 0.717) is 0 Å². The molecule has 0 saturated heterocycles. The molecular formula is C11H13NS. The van der Waals surface area contributed by atoms with Crippen molar-refractivity contribution >= 4 is 21.6 Å². The molecule has 0 aliphatic carbocycles. The van der Waals surface area contributed by atoms with Gasteiger partial charge in [0.25, 0.3) is 0 Å². The van der Waals surface area contributed by atoms with Crippen LogP contribution in [-0.2, 0) is 0 Å². The van der Waals surface area contributed by atoms with E-state index in [0.717, 1.165) is 0 Å². The number of nitrogens with zero attached hydrogens (tertiary/aromatic N) is 1. The van der Waals surface area contributed by atoms with Gasteiger partial charge in [0, 0.05) is 11.1 Å². The van der Waals surface area contributed by atoms with Crippen LogP contribution in [0.5, 0.6) is 0 Å². The first kappa shape index (κ1) is 8.70. The van der Waals surface area contributed by atoms with Crippen LogP contribution in [0.4, 0.5) is 0 Å². The Morgan fingerprint density at radius 1 is 1.08 bits per heavy atom. The molecule has 1 nitrogen and oxygen atoms in total. The quantitative estimate of drug-likeness (QED) is 0.620. The lowest BCUT2D eigenvalue weighted by molar-refractivity contribution is 1.27. The molecule has 2 aromatic rings. The van der Waals surface area contributed by atoms with Crippen LogP contribution >= 0.6 is 11.3 Å². The van der Waals surface area contributed by atoms with Crippen molar-refractivity contribution in [1.29, 1.82) is 0 Å². The van der Waals surface area contributed by atoms with Crippen LogP contribution in [0.1, 0.15) is 21.6 Å². The zero-order valence-electron chi connectivity index (χ0n) is 8.43. The number of rotatable bonds is 0. The summed E-state index contributed by atoms with van der Waals surface area (Å²) < 4.78 is 1.36. The van der Waals surface area contributed by atoms with Gasteiger partial charge in [0.1, 0.15) is 0 Å². The maximum Gasteiger partial charge on any atom is 0.0844 e. The summed E-state index contributed by atoms with van der Waals surface area (Å²) in [6.45, 7) is 8.60. The van der Waals surface area contributed by atoms with Gasteiger partial charge in [-0.15, -0.1) is 11.3 Å². The van der Waals surface area contributed by atoms with Gasteiger partial charge < -0.3 is 0 Å². The Labute approximate surface area is 82.4 Å². The van der Waals surface area contributed by atoms with Crippen LogP contribution < -0.4 is 0 Å². The number of hydrogen-bond donors (Lipinski definition) is 0. The molecule has 0 fully saturated rings. The van der Waals surface area contributed by atoms with E-state index in [1.165, 1.54) is 31.8 Å². The van der Waals surface area contributed by atoms with Gasteiger partial charge in [-0.05, 0) is 44.4 Å². The number of thiophene rings is 1. The van der Waals surface area contributed by atoms with Crippen LogP contribution in [0.2, 0.25) is 0 Å². The van der Waals surface area contributed by atoms with Crippen molar-refractivity contribution < 1.29 is 0 Å². The van der Waals surface area contributed by atoms with Gasteiger partial charge in [-0.1, -0.05) is 0 Å². The molecule has 2 heteroatoms. The molecule has 0 saturated carbocycles. The first-order valence-corrected chi connectivity index (χ1v) is 5.25. The molecule has 0 aliphatic rings. The lowest BCUT2D eigenvalue weighted by Gasteiger charge is -1.99. The van der Waals surface area contributed by atoms with E-state index in [4.69, 9.17) is 0 Å². The summed E-state index contributed by atoms with van der Waals surface area (Å²) in [5.74, 6) is 0. The number of hydrogen-bond acceptors (Lipinski definition) is 2. The third kappa shape index (κ3) is 1.17. The molecule has 68 valence electrons. The van der Waals surface area contributed by atoms with Gasteiger partial charge in [0.2, 0.25) is 0 Å². The van der Waals surface area contributed by atoms with E-state index >= 15 is 0 Å². The Balaban J connectivity index is 2.94. The predicted molar refractivity (Wildman–Crippen MR) is 58.6 cm³/mol. The molecule has 0 atom stereocenters. The third-order valence-electron chi connectivity index (χ3n) is 2.67. The largest absolute Gasteiger partial charge is 0.255 e. The highest BCUT2D eigenvalue weighted by Crippen LogP contribution is 2.31. The van der Waals surface area contributed by atoms with Gasteiger partial charge in [-0.2, -0.15) is 0 Å². The Kier molecular flexibility index (Phi) is 1.88. The van der Waals surface area contributed by atoms with E-state index in [2.05, 4.69) is 32.7 Å². The standard InChI is InChI=1S/C11H13NS/c1-6-5-12-10-8(3)9(4)13-11(10)7(6)2/h5H,1-4H3. The molecule has 13 heavy (non-hydrogen) atoms. The first-order valence-electron chi connectivity index (χ1n) is 4.43. The number of aromatic nitrogens is 1. The van der Waals surface area contributed by atoms with Crippen molar-refractivity contribution in [3.05, 3.63) is 27.8 Å². The highest BCUT2D eigenvalue weighted by Gasteiger charge is 2.08. The molecule has 0 aromatic carbocycles. The topological polar surface area (TPSA) is 12.9 Å². The average molecular weight is 191 g/mol. The summed E-state index contributed by atoms with van der Waals surface area (Å²) in [4.78, 5) is 5.86. The molecule has 0 bridgehead atoms. The lowest BCUT2D eigenvalue weighted by Crippen LogP contribution is -1.84. The Hall–Kier alpha value is -0.890. The average Bonchev–Trinajstić information content (AvgIpc) is 2.38. The SMILES string of the molecule is Cc1cnc2c(C)c(C)sc2c1C. The highest BCUT2D eigenvalue weighted by molar-refractivity contribution is 7.19. The smallest absolute Gasteiger partial charge is 0.0844 e. The fraction of sp³-hybridized carbons (Fsp3) is 0.364. The van der Waals surface area contributed by atoms with Gasteiger partial charge in [0.05, 0.1) is 10.2 Å². The highest BCUT2D eigenvalue weighted by atomic mass is 32.1. The zero-order chi connectivity index (χ0) is 9.59. The summed E-state index contributed by atoms with van der Waals surface area (Å²) in [7, 11) is 0. The predicted octanol–water partition coefficient (Wildman–Crippen LogP) is 3.53. The van der Waals surface area contributed by atoms with Crippen LogP contribution in [-0.4, -0.2) is 4.98 Å². The van der Waals surface area contributed by atoms with E-state index in [1.807, 2.05) is 17.5 Å². The van der Waals surface area contributed by atoms with Crippen molar-refractivity contribution in [3.63, 3.8) is 0 Å². The van der Waals surface area contributed by atoms with Crippen molar-refractivity contribution in [1.82, 2.24) is 4.98 Å². The van der Waals surface area contributed by atoms with Crippen molar-refractivity contribution in [2.24, 2.45) is 0 Å². The van der Waals surface area contributed by atoms with Crippen molar-refractivity contribution in [2.45, 2.75) is 27.7 Å². The Bertz CT molecular complexity index is 468. The van der Waals surface area contributed by atoms with Crippen molar-refractivity contribution in [2.75, 3.05) is 0 Å². The number of pyridine rings is 1. The second-order valence-electron chi connectivity index (χ2n) is 3.53. The molecule has 0 radical (unpaired) electrons. The molecule has 0 aliphatic heterocycles. The lowest BCUT2D eigenvalue weighted by atomic mass is 10.1. The fourth-order valence-corrected chi connectivity index (χ4v) is 2.63. The van der Waals surface area contributed by atoms with E-state index in [-0.39, 0.29) is 0 Å². The van der Waals surface area contributed by atoms with Crippen LogP contribution in [0.25, 0.3) is 10.2 Å². The van der Waals surface area contributed by atoms with E-state index in [1.54, 1.807) is 0 Å². The van der Waals surface area contributed by atoms with E-state index < -0.39 is 0 Å². The van der Waals surface area contributed by atoms with Crippen LogP contribution in [0.15, 0.2) is 6.20 Å². The molecule has 0 amide bonds. The van der Waals surface area contributed by atoms with Gasteiger partial charge in [-0.25, -0.2) is 0 Å². The second-order valence-corrected chi connectivity index (χ2v) is 4.75. The zero-order valence-corrected chi connectivity index (χ0v) is 9.25. The van der Waals surface area contributed by atoms with Gasteiger partial charge in [0.15, 0.2) is 0 Å². The van der Waals surface area contributed by atoms with Gasteiger partial charge >= 0.3 is 0 Å². The summed E-state index contributed by atoms with van der Waals surface area (Å²) in [5.41, 5.74) is 5.19. The molecule has 0 spiro atoms. The van der Waals surface area contributed by atoms with E-state index in [9.17, 15) is 0 Å². The molecule has 2 heterocycles. The molecular weight excluding hydrogens is 178 g/mol. The minimum atomic E-state index is 1.19. The molecule has 0 N–H and O–H groups in total. The minimum Gasteiger partial charge on any atom is -0.255 e.